The van der Waals surface area contributed by atoms with Gasteiger partial charge in [-0.25, -0.2) is 4.79 Å². The summed E-state index contributed by atoms with van der Waals surface area (Å²) in [6.45, 7) is 1.75. The molecule has 0 atom stereocenters. The smallest absolute Gasteiger partial charge is 0.416 e. The Balaban J connectivity index is 2.06. The van der Waals surface area contributed by atoms with Crippen LogP contribution in [0, 0.1) is 11.3 Å². The Bertz CT molecular complexity index is 961. The van der Waals surface area contributed by atoms with Gasteiger partial charge < -0.3 is 15.4 Å². The molecule has 6 nitrogen and oxygen atoms in total. The number of hydrogen-bond acceptors (Lipinski definition) is 5. The first kappa shape index (κ1) is 21.5. The number of ether oxygens (including phenoxy) is 1. The van der Waals surface area contributed by atoms with E-state index in [1.165, 1.54) is 42.6 Å². The first-order valence-corrected chi connectivity index (χ1v) is 8.37. The van der Waals surface area contributed by atoms with Crippen molar-refractivity contribution in [1.29, 1.82) is 5.26 Å². The molecular formula is C20H16F3N3O3. The number of carbonyl (C=O) groups is 2. The number of nitrogens with zero attached hydrogens (tertiary/aromatic N) is 1. The second-order valence-electron chi connectivity index (χ2n) is 5.64. The zero-order valence-corrected chi connectivity index (χ0v) is 15.2. The van der Waals surface area contributed by atoms with Gasteiger partial charge in [0.25, 0.3) is 5.91 Å². The average molecular weight is 403 g/mol. The lowest BCUT2D eigenvalue weighted by molar-refractivity contribution is -0.138. The third-order valence-electron chi connectivity index (χ3n) is 3.59. The Morgan fingerprint density at radius 2 is 1.83 bits per heavy atom. The highest BCUT2D eigenvalue weighted by Crippen LogP contribution is 2.30. The third-order valence-corrected chi connectivity index (χ3v) is 3.59. The van der Waals surface area contributed by atoms with Gasteiger partial charge in [0.2, 0.25) is 0 Å². The van der Waals surface area contributed by atoms with Gasteiger partial charge in [-0.3, -0.25) is 4.79 Å². The lowest BCUT2D eigenvalue weighted by Gasteiger charge is -2.10. The van der Waals surface area contributed by atoms with Crippen molar-refractivity contribution in [3.63, 3.8) is 0 Å². The monoisotopic (exact) mass is 403 g/mol. The van der Waals surface area contributed by atoms with Crippen LogP contribution in [0.1, 0.15) is 22.8 Å². The van der Waals surface area contributed by atoms with E-state index in [0.29, 0.717) is 5.69 Å². The molecule has 0 aliphatic heterocycles. The minimum Gasteiger partial charge on any atom is -0.462 e. The highest BCUT2D eigenvalue weighted by Gasteiger charge is 2.30. The molecule has 0 fully saturated rings. The summed E-state index contributed by atoms with van der Waals surface area (Å²) in [5.41, 5.74) is -0.377. The van der Waals surface area contributed by atoms with Crippen molar-refractivity contribution >= 4 is 23.3 Å². The number of anilines is 2. The van der Waals surface area contributed by atoms with Gasteiger partial charge in [0, 0.05) is 23.1 Å². The van der Waals surface area contributed by atoms with E-state index in [-0.39, 0.29) is 23.4 Å². The van der Waals surface area contributed by atoms with Gasteiger partial charge in [-0.05, 0) is 49.4 Å². The van der Waals surface area contributed by atoms with E-state index < -0.39 is 23.6 Å². The molecule has 0 radical (unpaired) electrons. The molecule has 0 heterocycles. The molecule has 9 heteroatoms. The molecule has 2 rings (SSSR count). The van der Waals surface area contributed by atoms with Crippen LogP contribution in [0.15, 0.2) is 60.3 Å². The van der Waals surface area contributed by atoms with Crippen molar-refractivity contribution in [2.75, 3.05) is 17.2 Å². The van der Waals surface area contributed by atoms with Crippen molar-refractivity contribution < 1.29 is 27.5 Å². The van der Waals surface area contributed by atoms with Crippen molar-refractivity contribution in [3.05, 3.63) is 71.4 Å². The van der Waals surface area contributed by atoms with E-state index in [2.05, 4.69) is 10.6 Å². The Labute approximate surface area is 164 Å². The maximum atomic E-state index is 12.7. The predicted octanol–water partition coefficient (Wildman–Crippen LogP) is 4.34. The Hall–Kier alpha value is -3.80. The summed E-state index contributed by atoms with van der Waals surface area (Å²) in [6.07, 6.45) is -3.33. The van der Waals surface area contributed by atoms with Gasteiger partial charge in [0.05, 0.1) is 12.2 Å². The lowest BCUT2D eigenvalue weighted by atomic mass is 10.1. The highest BCUT2D eigenvalue weighted by atomic mass is 19.4. The summed E-state index contributed by atoms with van der Waals surface area (Å²) in [6, 6.07) is 11.9. The number of benzene rings is 2. The van der Waals surface area contributed by atoms with Gasteiger partial charge in [-0.15, -0.1) is 0 Å². The molecule has 2 aromatic carbocycles. The third kappa shape index (κ3) is 6.10. The molecule has 0 aromatic heterocycles. The number of alkyl halides is 3. The van der Waals surface area contributed by atoms with Crippen LogP contribution >= 0.6 is 0 Å². The molecule has 0 aliphatic rings. The van der Waals surface area contributed by atoms with Crippen molar-refractivity contribution in [3.8, 4) is 6.07 Å². The van der Waals surface area contributed by atoms with E-state index in [4.69, 9.17) is 10.00 Å². The summed E-state index contributed by atoms with van der Waals surface area (Å²) in [7, 11) is 0. The van der Waals surface area contributed by atoms with E-state index in [9.17, 15) is 22.8 Å². The molecule has 0 saturated heterocycles. The summed E-state index contributed by atoms with van der Waals surface area (Å²) in [5, 5.41) is 14.1. The summed E-state index contributed by atoms with van der Waals surface area (Å²) in [4.78, 5) is 23.8. The van der Waals surface area contributed by atoms with Crippen LogP contribution in [0.5, 0.6) is 0 Å². The molecule has 0 bridgehead atoms. The number of amides is 1. The van der Waals surface area contributed by atoms with Crippen LogP contribution in [-0.2, 0) is 15.7 Å². The molecule has 0 saturated carbocycles. The summed E-state index contributed by atoms with van der Waals surface area (Å²) in [5.74, 6) is -1.35. The minimum absolute atomic E-state index is 0.0167. The fourth-order valence-corrected chi connectivity index (χ4v) is 2.20. The number of nitriles is 1. The molecule has 150 valence electrons. The second-order valence-corrected chi connectivity index (χ2v) is 5.64. The summed E-state index contributed by atoms with van der Waals surface area (Å²) < 4.78 is 43.0. The van der Waals surface area contributed by atoms with Gasteiger partial charge in [-0.2, -0.15) is 18.4 Å². The maximum absolute atomic E-state index is 12.7. The van der Waals surface area contributed by atoms with Crippen LogP contribution in [0.4, 0.5) is 24.5 Å². The van der Waals surface area contributed by atoms with Crippen LogP contribution < -0.4 is 10.6 Å². The summed E-state index contributed by atoms with van der Waals surface area (Å²) >= 11 is 0. The van der Waals surface area contributed by atoms with E-state index in [1.807, 2.05) is 0 Å². The second kappa shape index (κ2) is 9.41. The average Bonchev–Trinajstić information content (AvgIpc) is 2.68. The Kier molecular flexibility index (Phi) is 6.98. The normalized spacial score (nSPS) is 11.3. The number of carbonyl (C=O) groups excluding carboxylic acids is 2. The number of nitrogens with one attached hydrogen (secondary N) is 2. The fourth-order valence-electron chi connectivity index (χ4n) is 2.20. The number of hydrogen-bond donors (Lipinski definition) is 2. The van der Waals surface area contributed by atoms with Crippen molar-refractivity contribution in [2.24, 2.45) is 0 Å². The number of halogens is 3. The van der Waals surface area contributed by atoms with Gasteiger partial charge in [0.1, 0.15) is 6.07 Å². The molecular weight excluding hydrogens is 387 g/mol. The van der Waals surface area contributed by atoms with Crippen LogP contribution in [0.2, 0.25) is 0 Å². The number of rotatable bonds is 6. The van der Waals surface area contributed by atoms with Crippen molar-refractivity contribution in [2.45, 2.75) is 13.1 Å². The molecule has 1 amide bonds. The molecule has 0 unspecified atom stereocenters. The Morgan fingerprint density at radius 1 is 1.14 bits per heavy atom. The first-order chi connectivity index (χ1) is 13.7. The topological polar surface area (TPSA) is 91.2 Å². The van der Waals surface area contributed by atoms with Crippen LogP contribution in [0.25, 0.3) is 0 Å². The van der Waals surface area contributed by atoms with Crippen LogP contribution in [0.3, 0.4) is 0 Å². The first-order valence-electron chi connectivity index (χ1n) is 8.37. The SMILES string of the molecule is CCOC(=O)/C(C#N)=C\Nc1ccc(C(=O)Nc2cccc(C(F)(F)F)c2)cc1. The largest absolute Gasteiger partial charge is 0.462 e. The van der Waals surface area contributed by atoms with Gasteiger partial charge in [0.15, 0.2) is 5.57 Å². The maximum Gasteiger partial charge on any atom is 0.416 e. The van der Waals surface area contributed by atoms with Crippen LogP contribution in [-0.4, -0.2) is 18.5 Å². The standard InChI is InChI=1S/C20H16F3N3O3/c1-2-29-19(28)14(11-24)12-25-16-8-6-13(7-9-16)18(27)26-17-5-3-4-15(10-17)20(21,22)23/h3-10,12,25H,2H2,1H3,(H,26,27)/b14-12-. The number of esters is 1. The quantitative estimate of drug-likeness (QED) is 0.425. The zero-order valence-electron chi connectivity index (χ0n) is 15.2. The van der Waals surface area contributed by atoms with Gasteiger partial charge >= 0.3 is 12.1 Å². The van der Waals surface area contributed by atoms with E-state index in [1.54, 1.807) is 13.0 Å². The lowest BCUT2D eigenvalue weighted by Crippen LogP contribution is -2.13. The molecule has 2 aromatic rings. The zero-order chi connectivity index (χ0) is 21.4. The minimum atomic E-state index is -4.51. The predicted molar refractivity (Wildman–Crippen MR) is 99.8 cm³/mol. The van der Waals surface area contributed by atoms with E-state index >= 15 is 0 Å². The molecule has 29 heavy (non-hydrogen) atoms. The molecule has 2 N–H and O–H groups in total. The highest BCUT2D eigenvalue weighted by molar-refractivity contribution is 6.04. The Morgan fingerprint density at radius 3 is 2.41 bits per heavy atom. The van der Waals surface area contributed by atoms with E-state index in [0.717, 1.165) is 12.1 Å². The van der Waals surface area contributed by atoms with Gasteiger partial charge in [-0.1, -0.05) is 6.07 Å². The van der Waals surface area contributed by atoms with Crippen molar-refractivity contribution in [1.82, 2.24) is 0 Å². The molecule has 0 spiro atoms. The molecule has 0 aliphatic carbocycles. The fraction of sp³-hybridized carbons (Fsp3) is 0.150.